The van der Waals surface area contributed by atoms with Crippen LogP contribution < -0.4 is 0 Å². The zero-order valence-corrected chi connectivity index (χ0v) is 6.14. The van der Waals surface area contributed by atoms with Gasteiger partial charge in [0, 0.05) is 5.33 Å². The minimum atomic E-state index is -0.347. The summed E-state index contributed by atoms with van der Waals surface area (Å²) in [4.78, 5) is 1.73. The largest absolute Gasteiger partial charge is 0.378 e. The quantitative estimate of drug-likeness (QED) is 0.472. The first kappa shape index (κ1) is 7.40. The lowest BCUT2D eigenvalue weighted by Gasteiger charge is -2.14. The highest BCUT2D eigenvalue weighted by Crippen LogP contribution is 1.90. The molecular weight excluding hydrogens is 158 g/mol. The Bertz CT molecular complexity index is 49.0. The van der Waals surface area contributed by atoms with Crippen molar-refractivity contribution in [3.05, 3.63) is 0 Å². The number of halogens is 1. The summed E-state index contributed by atoms with van der Waals surface area (Å²) in [6, 6.07) is 0. The molecule has 7 heavy (non-hydrogen) atoms. The van der Waals surface area contributed by atoms with Crippen LogP contribution >= 0.6 is 15.9 Å². The van der Waals surface area contributed by atoms with Crippen LogP contribution in [0, 0.1) is 0 Å². The second-order valence-electron chi connectivity index (χ2n) is 1.60. The lowest BCUT2D eigenvalue weighted by molar-refractivity contribution is 0.0631. The molecule has 3 heteroatoms. The van der Waals surface area contributed by atoms with Crippen LogP contribution in [-0.4, -0.2) is 35.7 Å². The third kappa shape index (κ3) is 3.02. The van der Waals surface area contributed by atoms with E-state index in [0.29, 0.717) is 5.33 Å². The van der Waals surface area contributed by atoms with Gasteiger partial charge in [0.2, 0.25) is 0 Å². The van der Waals surface area contributed by atoms with Crippen molar-refractivity contribution in [1.29, 1.82) is 0 Å². The van der Waals surface area contributed by atoms with Gasteiger partial charge < -0.3 is 5.11 Å². The van der Waals surface area contributed by atoms with Gasteiger partial charge in [-0.3, -0.25) is 4.90 Å². The third-order valence-corrected chi connectivity index (χ3v) is 1.31. The van der Waals surface area contributed by atoms with Crippen LogP contribution in [0.1, 0.15) is 0 Å². The fraction of sp³-hybridized carbons (Fsp3) is 1.00. The summed E-state index contributed by atoms with van der Waals surface area (Å²) >= 11 is 3.12. The van der Waals surface area contributed by atoms with Crippen molar-refractivity contribution in [3.63, 3.8) is 0 Å². The molecule has 0 bridgehead atoms. The monoisotopic (exact) mass is 167 g/mol. The van der Waals surface area contributed by atoms with Crippen molar-refractivity contribution < 1.29 is 5.11 Å². The van der Waals surface area contributed by atoms with Crippen LogP contribution in [0.2, 0.25) is 0 Å². The summed E-state index contributed by atoms with van der Waals surface area (Å²) in [5.74, 6) is 0. The SMILES string of the molecule is CN(C)C(O)CBr. The molecule has 0 saturated carbocycles. The molecule has 0 aliphatic carbocycles. The highest BCUT2D eigenvalue weighted by Gasteiger charge is 2.00. The van der Waals surface area contributed by atoms with Gasteiger partial charge in [0.15, 0.2) is 0 Å². The Hall–Kier alpha value is 0.400. The van der Waals surface area contributed by atoms with Crippen LogP contribution in [-0.2, 0) is 0 Å². The van der Waals surface area contributed by atoms with Gasteiger partial charge in [-0.1, -0.05) is 15.9 Å². The molecule has 0 aliphatic heterocycles. The maximum absolute atomic E-state index is 8.81. The van der Waals surface area contributed by atoms with E-state index in [-0.39, 0.29) is 6.23 Å². The minimum Gasteiger partial charge on any atom is -0.378 e. The van der Waals surface area contributed by atoms with E-state index in [2.05, 4.69) is 15.9 Å². The number of aliphatic hydroxyl groups is 1. The molecule has 0 amide bonds. The molecule has 44 valence electrons. The number of hydrogen-bond donors (Lipinski definition) is 1. The molecule has 0 aromatic carbocycles. The summed E-state index contributed by atoms with van der Waals surface area (Å²) in [7, 11) is 3.65. The average molecular weight is 168 g/mol. The lowest BCUT2D eigenvalue weighted by atomic mass is 10.6. The number of rotatable bonds is 2. The molecule has 0 aliphatic rings. The molecule has 0 aromatic rings. The normalized spacial score (nSPS) is 15.0. The van der Waals surface area contributed by atoms with E-state index in [0.717, 1.165) is 0 Å². The molecule has 0 spiro atoms. The van der Waals surface area contributed by atoms with Crippen LogP contribution in [0.25, 0.3) is 0 Å². The molecule has 0 radical (unpaired) electrons. The molecule has 0 rings (SSSR count). The summed E-state index contributed by atoms with van der Waals surface area (Å²) in [5.41, 5.74) is 0. The average Bonchev–Trinajstić information content (AvgIpc) is 1.65. The highest BCUT2D eigenvalue weighted by atomic mass is 79.9. The van der Waals surface area contributed by atoms with Crippen molar-refractivity contribution in [1.82, 2.24) is 4.90 Å². The number of aliphatic hydroxyl groups excluding tert-OH is 1. The smallest absolute Gasteiger partial charge is 0.116 e. The van der Waals surface area contributed by atoms with E-state index in [1.54, 1.807) is 4.90 Å². The topological polar surface area (TPSA) is 23.5 Å². The molecule has 0 fully saturated rings. The Morgan fingerprint density at radius 3 is 2.14 bits per heavy atom. The summed E-state index contributed by atoms with van der Waals surface area (Å²) in [5, 5.41) is 9.43. The number of nitrogens with zero attached hydrogens (tertiary/aromatic N) is 1. The molecule has 0 heterocycles. The first-order chi connectivity index (χ1) is 3.18. The fourth-order valence-corrected chi connectivity index (χ4v) is 0.717. The van der Waals surface area contributed by atoms with Crippen molar-refractivity contribution in [2.24, 2.45) is 0 Å². The fourth-order valence-electron chi connectivity index (χ4n) is 0.138. The van der Waals surface area contributed by atoms with Crippen molar-refractivity contribution in [3.8, 4) is 0 Å². The van der Waals surface area contributed by atoms with E-state index < -0.39 is 0 Å². The van der Waals surface area contributed by atoms with Gasteiger partial charge in [-0.2, -0.15) is 0 Å². The van der Waals surface area contributed by atoms with Gasteiger partial charge in [0.25, 0.3) is 0 Å². The van der Waals surface area contributed by atoms with Gasteiger partial charge in [-0.15, -0.1) is 0 Å². The predicted octanol–water partition coefficient (Wildman–Crippen LogP) is 0.261. The van der Waals surface area contributed by atoms with Gasteiger partial charge >= 0.3 is 0 Å². The first-order valence-corrected chi connectivity index (χ1v) is 3.21. The van der Waals surface area contributed by atoms with Crippen LogP contribution in [0.5, 0.6) is 0 Å². The van der Waals surface area contributed by atoms with E-state index in [4.69, 9.17) is 5.11 Å². The Labute approximate surface area is 52.3 Å². The Morgan fingerprint density at radius 2 is 2.14 bits per heavy atom. The first-order valence-electron chi connectivity index (χ1n) is 2.09. The third-order valence-electron chi connectivity index (χ3n) is 0.734. The minimum absolute atomic E-state index is 0.347. The second kappa shape index (κ2) is 3.41. The number of hydrogen-bond acceptors (Lipinski definition) is 2. The molecule has 1 N–H and O–H groups in total. The van der Waals surface area contributed by atoms with Crippen LogP contribution in [0.4, 0.5) is 0 Å². The lowest BCUT2D eigenvalue weighted by Crippen LogP contribution is -2.28. The Balaban J connectivity index is 3.14. The van der Waals surface area contributed by atoms with Crippen LogP contribution in [0.15, 0.2) is 0 Å². The molecule has 2 nitrogen and oxygen atoms in total. The van der Waals surface area contributed by atoms with E-state index in [1.165, 1.54) is 0 Å². The Morgan fingerprint density at radius 1 is 1.71 bits per heavy atom. The number of alkyl halides is 1. The van der Waals surface area contributed by atoms with Gasteiger partial charge in [-0.25, -0.2) is 0 Å². The van der Waals surface area contributed by atoms with Gasteiger partial charge in [0.1, 0.15) is 6.23 Å². The maximum atomic E-state index is 8.81. The summed E-state index contributed by atoms with van der Waals surface area (Å²) in [6.45, 7) is 0. The molecule has 1 unspecified atom stereocenters. The standard InChI is InChI=1S/C4H10BrNO/c1-6(2)4(7)3-5/h4,7H,3H2,1-2H3. The summed E-state index contributed by atoms with van der Waals surface area (Å²) in [6.07, 6.45) is -0.347. The zero-order chi connectivity index (χ0) is 5.86. The van der Waals surface area contributed by atoms with Crippen molar-refractivity contribution in [2.75, 3.05) is 19.4 Å². The van der Waals surface area contributed by atoms with Crippen molar-refractivity contribution >= 4 is 15.9 Å². The van der Waals surface area contributed by atoms with E-state index >= 15 is 0 Å². The van der Waals surface area contributed by atoms with E-state index in [1.807, 2.05) is 14.1 Å². The van der Waals surface area contributed by atoms with Gasteiger partial charge in [-0.05, 0) is 14.1 Å². The molecule has 0 aromatic heterocycles. The van der Waals surface area contributed by atoms with Crippen LogP contribution in [0.3, 0.4) is 0 Å². The summed E-state index contributed by atoms with van der Waals surface area (Å²) < 4.78 is 0. The second-order valence-corrected chi connectivity index (χ2v) is 2.25. The maximum Gasteiger partial charge on any atom is 0.116 e. The predicted molar refractivity (Wildman–Crippen MR) is 33.5 cm³/mol. The van der Waals surface area contributed by atoms with Crippen molar-refractivity contribution in [2.45, 2.75) is 6.23 Å². The Kier molecular flexibility index (Phi) is 3.60. The molecule has 0 saturated heterocycles. The molecule has 1 atom stereocenters. The zero-order valence-electron chi connectivity index (χ0n) is 4.56. The van der Waals surface area contributed by atoms with E-state index in [9.17, 15) is 0 Å². The van der Waals surface area contributed by atoms with Gasteiger partial charge in [0.05, 0.1) is 0 Å². The molecular formula is C4H10BrNO. The highest BCUT2D eigenvalue weighted by molar-refractivity contribution is 9.09.